The van der Waals surface area contributed by atoms with Crippen LogP contribution in [-0.2, 0) is 22.4 Å². The van der Waals surface area contributed by atoms with Crippen molar-refractivity contribution in [2.75, 3.05) is 20.2 Å². The van der Waals surface area contributed by atoms with Crippen molar-refractivity contribution in [3.63, 3.8) is 0 Å². The lowest BCUT2D eigenvalue weighted by Gasteiger charge is -2.32. The summed E-state index contributed by atoms with van der Waals surface area (Å²) in [6.07, 6.45) is 5.27. The molecule has 166 valence electrons. The first kappa shape index (κ1) is 22.8. The van der Waals surface area contributed by atoms with Gasteiger partial charge in [0.1, 0.15) is 11.3 Å². The highest BCUT2D eigenvalue weighted by atomic mass is 16.5. The van der Waals surface area contributed by atoms with Gasteiger partial charge in [-0.3, -0.25) is 9.59 Å². The second kappa shape index (κ2) is 10.9. The molecule has 0 spiro atoms. The van der Waals surface area contributed by atoms with Gasteiger partial charge in [0.05, 0.1) is 7.11 Å². The molecule has 0 unspecified atom stereocenters. The van der Waals surface area contributed by atoms with E-state index >= 15 is 0 Å². The molecule has 0 radical (unpaired) electrons. The number of hydrogen-bond donors (Lipinski definition) is 0. The highest BCUT2D eigenvalue weighted by Gasteiger charge is 2.27. The number of carbonyl (C=O) groups excluding carboxylic acids is 2. The van der Waals surface area contributed by atoms with Gasteiger partial charge in [0.25, 0.3) is 5.91 Å². The molecular formula is C25H31NO5. The Morgan fingerprint density at radius 2 is 1.84 bits per heavy atom. The third-order valence-electron chi connectivity index (χ3n) is 6.03. The van der Waals surface area contributed by atoms with E-state index in [0.717, 1.165) is 32.1 Å². The number of ether oxygens (including phenoxy) is 1. The van der Waals surface area contributed by atoms with Gasteiger partial charge < -0.3 is 14.1 Å². The molecule has 6 nitrogen and oxygen atoms in total. The van der Waals surface area contributed by atoms with Gasteiger partial charge >= 0.3 is 11.6 Å². The first-order valence-electron chi connectivity index (χ1n) is 11.0. The van der Waals surface area contributed by atoms with Crippen molar-refractivity contribution >= 4 is 11.9 Å². The van der Waals surface area contributed by atoms with Crippen molar-refractivity contribution < 1.29 is 18.7 Å². The molecule has 1 amide bonds. The van der Waals surface area contributed by atoms with Gasteiger partial charge in [0.2, 0.25) is 0 Å². The maximum absolute atomic E-state index is 13.0. The number of rotatable bonds is 8. The fourth-order valence-corrected chi connectivity index (χ4v) is 4.17. The van der Waals surface area contributed by atoms with Crippen LogP contribution in [0.25, 0.3) is 0 Å². The number of benzene rings is 1. The summed E-state index contributed by atoms with van der Waals surface area (Å²) in [5.41, 5.74) is 1.51. The van der Waals surface area contributed by atoms with Gasteiger partial charge in [-0.05, 0) is 62.1 Å². The summed E-state index contributed by atoms with van der Waals surface area (Å²) in [4.78, 5) is 38.6. The molecule has 6 heteroatoms. The second-order valence-electron chi connectivity index (χ2n) is 8.25. The van der Waals surface area contributed by atoms with Crippen LogP contribution in [0.1, 0.15) is 59.3 Å². The van der Waals surface area contributed by atoms with Crippen LogP contribution in [0.5, 0.6) is 0 Å². The molecule has 2 aromatic rings. The van der Waals surface area contributed by atoms with Crippen molar-refractivity contribution in [2.24, 2.45) is 5.92 Å². The minimum atomic E-state index is -0.549. The molecule has 2 heterocycles. The lowest BCUT2D eigenvalue weighted by atomic mass is 9.92. The topological polar surface area (TPSA) is 76.8 Å². The van der Waals surface area contributed by atoms with E-state index in [1.165, 1.54) is 12.7 Å². The van der Waals surface area contributed by atoms with Crippen LogP contribution in [-0.4, -0.2) is 37.0 Å². The summed E-state index contributed by atoms with van der Waals surface area (Å²) >= 11 is 0. The fraction of sp³-hybridized carbons (Fsp3) is 0.480. The number of piperidine rings is 1. The van der Waals surface area contributed by atoms with Crippen LogP contribution in [0.2, 0.25) is 0 Å². The molecule has 1 fully saturated rings. The number of amides is 1. The Balaban J connectivity index is 1.55. The Morgan fingerprint density at radius 3 is 2.48 bits per heavy atom. The van der Waals surface area contributed by atoms with Crippen molar-refractivity contribution in [2.45, 2.75) is 51.9 Å². The maximum atomic E-state index is 13.0. The zero-order valence-corrected chi connectivity index (χ0v) is 18.4. The molecule has 0 N–H and O–H groups in total. The highest BCUT2D eigenvalue weighted by Crippen LogP contribution is 2.23. The Kier molecular flexibility index (Phi) is 8.04. The molecule has 1 saturated heterocycles. The molecule has 0 saturated carbocycles. The van der Waals surface area contributed by atoms with Gasteiger partial charge in [0, 0.05) is 25.9 Å². The predicted octanol–water partition coefficient (Wildman–Crippen LogP) is 3.93. The predicted molar refractivity (Wildman–Crippen MR) is 118 cm³/mol. The maximum Gasteiger partial charge on any atom is 0.349 e. The van der Waals surface area contributed by atoms with E-state index in [9.17, 15) is 14.4 Å². The fourth-order valence-electron chi connectivity index (χ4n) is 4.17. The van der Waals surface area contributed by atoms with Gasteiger partial charge in [-0.15, -0.1) is 0 Å². The van der Waals surface area contributed by atoms with E-state index in [2.05, 4.69) is 12.1 Å². The van der Waals surface area contributed by atoms with E-state index in [1.807, 2.05) is 24.3 Å². The standard InChI is InChI=1S/C25H31NO5/c1-18-17-21(10-6-9-19-7-4-3-5-8-19)31-25(29)23(18)24(28)26-15-13-20(14-16-26)11-12-22(27)30-2/h3-5,7-8,17,20H,6,9-16H2,1-2H3. The number of likely N-dealkylation sites (tertiary alicyclic amines) is 1. The highest BCUT2D eigenvalue weighted by molar-refractivity contribution is 5.95. The quantitative estimate of drug-likeness (QED) is 0.599. The van der Waals surface area contributed by atoms with Gasteiger partial charge in [-0.2, -0.15) is 0 Å². The minimum Gasteiger partial charge on any atom is -0.469 e. The molecule has 31 heavy (non-hydrogen) atoms. The van der Waals surface area contributed by atoms with Crippen LogP contribution < -0.4 is 5.63 Å². The number of aryl methyl sites for hydroxylation is 3. The Morgan fingerprint density at radius 1 is 1.13 bits per heavy atom. The molecule has 1 aliphatic rings. The Bertz CT molecular complexity index is 942. The molecular weight excluding hydrogens is 394 g/mol. The van der Waals surface area contributed by atoms with Gasteiger partial charge in [-0.25, -0.2) is 4.79 Å². The average molecular weight is 426 g/mol. The normalized spacial score (nSPS) is 14.5. The number of methoxy groups -OCH3 is 1. The second-order valence-corrected chi connectivity index (χ2v) is 8.25. The summed E-state index contributed by atoms with van der Waals surface area (Å²) in [5, 5.41) is 0. The van der Waals surface area contributed by atoms with Crippen molar-refractivity contribution in [1.29, 1.82) is 0 Å². The summed E-state index contributed by atoms with van der Waals surface area (Å²) < 4.78 is 10.2. The number of esters is 1. The number of carbonyl (C=O) groups is 2. The summed E-state index contributed by atoms with van der Waals surface area (Å²) in [5.74, 6) is 0.563. The third kappa shape index (κ3) is 6.29. The largest absolute Gasteiger partial charge is 0.469 e. The van der Waals surface area contributed by atoms with Crippen LogP contribution >= 0.6 is 0 Å². The Labute approximate surface area is 183 Å². The third-order valence-corrected chi connectivity index (χ3v) is 6.03. The molecule has 0 aliphatic carbocycles. The number of nitrogens with zero attached hydrogens (tertiary/aromatic N) is 1. The van der Waals surface area contributed by atoms with E-state index in [1.54, 1.807) is 11.8 Å². The monoisotopic (exact) mass is 425 g/mol. The van der Waals surface area contributed by atoms with Crippen molar-refractivity contribution in [3.05, 3.63) is 69.3 Å². The van der Waals surface area contributed by atoms with Gasteiger partial charge in [-0.1, -0.05) is 30.3 Å². The van der Waals surface area contributed by atoms with Crippen LogP contribution in [0.3, 0.4) is 0 Å². The van der Waals surface area contributed by atoms with Crippen LogP contribution in [0.15, 0.2) is 45.6 Å². The summed E-state index contributed by atoms with van der Waals surface area (Å²) in [7, 11) is 1.39. The van der Waals surface area contributed by atoms with Crippen molar-refractivity contribution in [1.82, 2.24) is 4.90 Å². The van der Waals surface area contributed by atoms with Gasteiger partial charge in [0.15, 0.2) is 0 Å². The molecule has 1 aromatic carbocycles. The van der Waals surface area contributed by atoms with E-state index in [4.69, 9.17) is 9.15 Å². The molecule has 3 rings (SSSR count). The molecule has 0 bridgehead atoms. The lowest BCUT2D eigenvalue weighted by Crippen LogP contribution is -2.40. The number of hydrogen-bond acceptors (Lipinski definition) is 5. The van der Waals surface area contributed by atoms with E-state index < -0.39 is 5.63 Å². The Hall–Kier alpha value is -2.89. The average Bonchev–Trinajstić information content (AvgIpc) is 2.78. The van der Waals surface area contributed by atoms with Crippen LogP contribution in [0.4, 0.5) is 0 Å². The van der Waals surface area contributed by atoms with Crippen LogP contribution in [0, 0.1) is 12.8 Å². The SMILES string of the molecule is COC(=O)CCC1CCN(C(=O)c2c(C)cc(CCCc3ccccc3)oc2=O)CC1. The first-order chi connectivity index (χ1) is 15.0. The molecule has 0 atom stereocenters. The van der Waals surface area contributed by atoms with Crippen molar-refractivity contribution in [3.8, 4) is 0 Å². The zero-order valence-electron chi connectivity index (χ0n) is 18.4. The zero-order chi connectivity index (χ0) is 22.2. The summed E-state index contributed by atoms with van der Waals surface area (Å²) in [6.45, 7) is 2.97. The molecule has 1 aromatic heterocycles. The smallest absolute Gasteiger partial charge is 0.349 e. The molecule has 1 aliphatic heterocycles. The van der Waals surface area contributed by atoms with E-state index in [-0.39, 0.29) is 17.4 Å². The lowest BCUT2D eigenvalue weighted by molar-refractivity contribution is -0.141. The summed E-state index contributed by atoms with van der Waals surface area (Å²) in [6, 6.07) is 12.0. The first-order valence-corrected chi connectivity index (χ1v) is 11.0. The minimum absolute atomic E-state index is 0.139. The van der Waals surface area contributed by atoms with E-state index in [0.29, 0.717) is 43.2 Å².